The van der Waals surface area contributed by atoms with Crippen LogP contribution in [0.2, 0.25) is 0 Å². The van der Waals surface area contributed by atoms with Gasteiger partial charge in [-0.1, -0.05) is 6.07 Å². The highest BCUT2D eigenvalue weighted by Gasteiger charge is 2.14. The van der Waals surface area contributed by atoms with Crippen LogP contribution in [-0.2, 0) is 6.54 Å². The van der Waals surface area contributed by atoms with E-state index in [1.165, 1.54) is 10.1 Å². The number of carbonyl (C=O) groups is 1. The Morgan fingerprint density at radius 3 is 2.24 bits per heavy atom. The summed E-state index contributed by atoms with van der Waals surface area (Å²) in [5.74, 6) is -0.0285. The lowest BCUT2D eigenvalue weighted by atomic mass is 9.98. The molecule has 0 saturated heterocycles. The van der Waals surface area contributed by atoms with E-state index in [0.29, 0.717) is 5.56 Å². The van der Waals surface area contributed by atoms with E-state index in [2.05, 4.69) is 0 Å². The Balaban J connectivity index is 2.31. The highest BCUT2D eigenvalue weighted by Crippen LogP contribution is 2.16. The second-order valence-electron chi connectivity index (χ2n) is 5.88. The van der Waals surface area contributed by atoms with Gasteiger partial charge in [-0.2, -0.15) is 0 Å². The normalized spacial score (nSPS) is 11.1. The Bertz CT molecular complexity index is 736. The largest absolute Gasteiger partial charge is 0.328 e. The number of imidazole rings is 1. The van der Waals surface area contributed by atoms with Gasteiger partial charge in [0.2, 0.25) is 0 Å². The van der Waals surface area contributed by atoms with Gasteiger partial charge in [0.15, 0.2) is 5.78 Å². The quantitative estimate of drug-likeness (QED) is 0.811. The second-order valence-corrected chi connectivity index (χ2v) is 5.88. The molecule has 21 heavy (non-hydrogen) atoms. The van der Waals surface area contributed by atoms with Crippen LogP contribution in [0.15, 0.2) is 29.3 Å². The molecule has 0 aliphatic carbocycles. The van der Waals surface area contributed by atoms with E-state index in [9.17, 15) is 9.59 Å². The topological polar surface area (TPSA) is 44.0 Å². The van der Waals surface area contributed by atoms with Gasteiger partial charge >= 0.3 is 5.69 Å². The van der Waals surface area contributed by atoms with Crippen LogP contribution >= 0.6 is 0 Å². The van der Waals surface area contributed by atoms with Gasteiger partial charge in [-0.3, -0.25) is 13.9 Å². The molecule has 0 bridgehead atoms. The molecule has 0 aliphatic rings. The summed E-state index contributed by atoms with van der Waals surface area (Å²) in [6.45, 7) is 9.93. The summed E-state index contributed by atoms with van der Waals surface area (Å²) in [7, 11) is 0. The number of aryl methyl sites for hydroxylation is 3. The van der Waals surface area contributed by atoms with Crippen LogP contribution in [0.25, 0.3) is 0 Å². The van der Waals surface area contributed by atoms with Crippen LogP contribution in [0.3, 0.4) is 0 Å². The minimum atomic E-state index is -0.139. The summed E-state index contributed by atoms with van der Waals surface area (Å²) in [4.78, 5) is 24.6. The van der Waals surface area contributed by atoms with Gasteiger partial charge < -0.3 is 0 Å². The molecule has 0 amide bonds. The molecule has 1 heterocycles. The Labute approximate surface area is 125 Å². The fourth-order valence-corrected chi connectivity index (χ4v) is 2.44. The van der Waals surface area contributed by atoms with Crippen molar-refractivity contribution in [2.45, 2.75) is 47.2 Å². The van der Waals surface area contributed by atoms with Crippen LogP contribution < -0.4 is 5.69 Å². The zero-order valence-corrected chi connectivity index (χ0v) is 13.3. The third kappa shape index (κ3) is 2.99. The summed E-state index contributed by atoms with van der Waals surface area (Å²) in [5.41, 5.74) is 3.78. The summed E-state index contributed by atoms with van der Waals surface area (Å²) in [6.07, 6.45) is 3.41. The Morgan fingerprint density at radius 2 is 1.67 bits per heavy atom. The molecule has 0 fully saturated rings. The van der Waals surface area contributed by atoms with E-state index >= 15 is 0 Å². The summed E-state index contributed by atoms with van der Waals surface area (Å²) >= 11 is 0. The molecule has 1 aromatic heterocycles. The van der Waals surface area contributed by atoms with Crippen molar-refractivity contribution in [2.75, 3.05) is 0 Å². The molecule has 0 atom stereocenters. The molecule has 4 nitrogen and oxygen atoms in total. The fourth-order valence-electron chi connectivity index (χ4n) is 2.44. The standard InChI is InChI=1S/C17H22N2O2/c1-11(2)19-7-6-18(17(19)21)10-16(20)15-9-13(4)12(3)8-14(15)5/h6-9,11H,10H2,1-5H3. The molecule has 1 aromatic carbocycles. The number of benzene rings is 1. The number of hydrogen-bond donors (Lipinski definition) is 0. The van der Waals surface area contributed by atoms with E-state index < -0.39 is 0 Å². The summed E-state index contributed by atoms with van der Waals surface area (Å²) < 4.78 is 3.09. The molecule has 0 aliphatic heterocycles. The third-order valence-electron chi connectivity index (χ3n) is 3.89. The van der Waals surface area contributed by atoms with Gasteiger partial charge in [-0.15, -0.1) is 0 Å². The summed E-state index contributed by atoms with van der Waals surface area (Å²) in [6, 6.07) is 4.03. The van der Waals surface area contributed by atoms with Crippen molar-refractivity contribution in [3.8, 4) is 0 Å². The number of aromatic nitrogens is 2. The van der Waals surface area contributed by atoms with Crippen LogP contribution in [0.1, 0.15) is 46.9 Å². The van der Waals surface area contributed by atoms with Crippen molar-refractivity contribution < 1.29 is 4.79 Å². The first-order valence-corrected chi connectivity index (χ1v) is 7.19. The molecular weight excluding hydrogens is 264 g/mol. The molecule has 0 spiro atoms. The average molecular weight is 286 g/mol. The number of nitrogens with zero attached hydrogens (tertiary/aromatic N) is 2. The molecule has 0 radical (unpaired) electrons. The maximum Gasteiger partial charge on any atom is 0.328 e. The Hall–Kier alpha value is -2.10. The lowest BCUT2D eigenvalue weighted by molar-refractivity contribution is 0.0970. The molecule has 2 aromatic rings. The maximum absolute atomic E-state index is 12.5. The predicted octanol–water partition coefficient (Wildman–Crippen LogP) is 3.04. The molecule has 0 unspecified atom stereocenters. The van der Waals surface area contributed by atoms with Crippen molar-refractivity contribution in [1.82, 2.24) is 9.13 Å². The number of rotatable bonds is 4. The lowest BCUT2D eigenvalue weighted by Crippen LogP contribution is -2.27. The monoisotopic (exact) mass is 286 g/mol. The van der Waals surface area contributed by atoms with Crippen molar-refractivity contribution >= 4 is 5.78 Å². The highest BCUT2D eigenvalue weighted by atomic mass is 16.2. The lowest BCUT2D eigenvalue weighted by Gasteiger charge is -2.09. The zero-order valence-electron chi connectivity index (χ0n) is 13.3. The smallest absolute Gasteiger partial charge is 0.297 e. The minimum absolute atomic E-state index is 0.0285. The summed E-state index contributed by atoms with van der Waals surface area (Å²) in [5, 5.41) is 0. The van der Waals surface area contributed by atoms with E-state index in [1.807, 2.05) is 46.8 Å². The van der Waals surface area contributed by atoms with Crippen LogP contribution in [-0.4, -0.2) is 14.9 Å². The van der Waals surface area contributed by atoms with E-state index in [-0.39, 0.29) is 24.1 Å². The SMILES string of the molecule is Cc1cc(C)c(C(=O)Cn2ccn(C(C)C)c2=O)cc1C. The second kappa shape index (κ2) is 5.72. The highest BCUT2D eigenvalue weighted by molar-refractivity contribution is 5.97. The van der Waals surface area contributed by atoms with Crippen LogP contribution in [0.4, 0.5) is 0 Å². The maximum atomic E-state index is 12.5. The fraction of sp³-hybridized carbons (Fsp3) is 0.412. The van der Waals surface area contributed by atoms with Crippen LogP contribution in [0.5, 0.6) is 0 Å². The van der Waals surface area contributed by atoms with Crippen LogP contribution in [0, 0.1) is 20.8 Å². The van der Waals surface area contributed by atoms with Crippen molar-refractivity contribution in [3.05, 3.63) is 57.3 Å². The zero-order chi connectivity index (χ0) is 15.7. The van der Waals surface area contributed by atoms with Gasteiger partial charge in [-0.25, -0.2) is 4.79 Å². The average Bonchev–Trinajstić information content (AvgIpc) is 2.75. The third-order valence-corrected chi connectivity index (χ3v) is 3.89. The minimum Gasteiger partial charge on any atom is -0.297 e. The number of hydrogen-bond acceptors (Lipinski definition) is 2. The van der Waals surface area contributed by atoms with E-state index in [4.69, 9.17) is 0 Å². The molecule has 4 heteroatoms. The van der Waals surface area contributed by atoms with E-state index in [1.54, 1.807) is 17.0 Å². The van der Waals surface area contributed by atoms with Crippen molar-refractivity contribution in [3.63, 3.8) is 0 Å². The number of Topliss-reactive ketones (excluding diaryl/α,β-unsaturated/α-hetero) is 1. The number of ketones is 1. The van der Waals surface area contributed by atoms with E-state index in [0.717, 1.165) is 11.1 Å². The Morgan fingerprint density at radius 1 is 1.05 bits per heavy atom. The number of carbonyl (C=O) groups excluding carboxylic acids is 1. The molecular formula is C17H22N2O2. The molecule has 112 valence electrons. The molecule has 0 N–H and O–H groups in total. The van der Waals surface area contributed by atoms with Gasteiger partial charge in [-0.05, 0) is 57.4 Å². The first-order chi connectivity index (χ1) is 9.81. The van der Waals surface area contributed by atoms with Crippen molar-refractivity contribution in [1.29, 1.82) is 0 Å². The first kappa shape index (κ1) is 15.3. The van der Waals surface area contributed by atoms with Gasteiger partial charge in [0.25, 0.3) is 0 Å². The predicted molar refractivity (Wildman–Crippen MR) is 84.1 cm³/mol. The first-order valence-electron chi connectivity index (χ1n) is 7.19. The van der Waals surface area contributed by atoms with Crippen molar-refractivity contribution in [2.24, 2.45) is 0 Å². The van der Waals surface area contributed by atoms with Gasteiger partial charge in [0.1, 0.15) is 0 Å². The van der Waals surface area contributed by atoms with Gasteiger partial charge in [0, 0.05) is 24.0 Å². The molecule has 0 saturated carbocycles. The molecule has 2 rings (SSSR count). The Kier molecular flexibility index (Phi) is 4.16. The van der Waals surface area contributed by atoms with Gasteiger partial charge in [0.05, 0.1) is 6.54 Å².